The molecule has 0 aliphatic heterocycles. The quantitative estimate of drug-likeness (QED) is 0.451. The van der Waals surface area contributed by atoms with E-state index in [2.05, 4.69) is 65.1 Å². The maximum absolute atomic E-state index is 13.5. The minimum absolute atomic E-state index is 0.0417. The van der Waals surface area contributed by atoms with Gasteiger partial charge in [0, 0.05) is 37.2 Å². The summed E-state index contributed by atoms with van der Waals surface area (Å²) in [7, 11) is 1.99. The summed E-state index contributed by atoms with van der Waals surface area (Å²) < 4.78 is 2.03. The second kappa shape index (κ2) is 12.1. The van der Waals surface area contributed by atoms with Gasteiger partial charge in [0.2, 0.25) is 5.91 Å². The van der Waals surface area contributed by atoms with E-state index in [1.165, 1.54) is 0 Å². The van der Waals surface area contributed by atoms with E-state index in [-0.39, 0.29) is 36.4 Å². The molecule has 1 N–H and O–H groups in total. The molecule has 1 aromatic heterocycles. The number of urea groups is 1. The Balaban J connectivity index is 2.28. The summed E-state index contributed by atoms with van der Waals surface area (Å²) in [6.45, 7) is 17.9. The van der Waals surface area contributed by atoms with Gasteiger partial charge in [0.25, 0.3) is 0 Å². The molecule has 0 bridgehead atoms. The SMILES string of the molecule is CC(C)CN(Cc1cccn1C)C(=O)CN(C(=O)Nc1c(C(C)C)cccc1C(C)C)C(C)C. The van der Waals surface area contributed by atoms with E-state index < -0.39 is 0 Å². The minimum Gasteiger partial charge on any atom is -0.353 e. The molecule has 0 atom stereocenters. The van der Waals surface area contributed by atoms with Crippen molar-refractivity contribution in [2.45, 2.75) is 79.8 Å². The first kappa shape index (κ1) is 27.5. The molecule has 3 amide bonds. The van der Waals surface area contributed by atoms with Gasteiger partial charge in [-0.1, -0.05) is 59.7 Å². The number of hydrogen-bond donors (Lipinski definition) is 1. The lowest BCUT2D eigenvalue weighted by Crippen LogP contribution is -2.48. The second-order valence-corrected chi connectivity index (χ2v) is 10.6. The predicted molar refractivity (Wildman–Crippen MR) is 141 cm³/mol. The summed E-state index contributed by atoms with van der Waals surface area (Å²) in [5.74, 6) is 0.835. The average Bonchev–Trinajstić information content (AvgIpc) is 3.14. The zero-order chi connectivity index (χ0) is 25.6. The van der Waals surface area contributed by atoms with Crippen molar-refractivity contribution in [1.82, 2.24) is 14.4 Å². The summed E-state index contributed by atoms with van der Waals surface area (Å²) in [5.41, 5.74) is 4.17. The lowest BCUT2D eigenvalue weighted by Gasteiger charge is -2.32. The molecule has 0 unspecified atom stereocenters. The number of hydrogen-bond acceptors (Lipinski definition) is 2. The normalized spacial score (nSPS) is 11.6. The molecule has 2 aromatic rings. The average molecular weight is 469 g/mol. The molecule has 6 nitrogen and oxygen atoms in total. The molecule has 0 spiro atoms. The van der Waals surface area contributed by atoms with Crippen LogP contribution in [0.3, 0.4) is 0 Å². The molecule has 0 saturated heterocycles. The molecule has 0 saturated carbocycles. The third kappa shape index (κ3) is 7.12. The number of aromatic nitrogens is 1. The number of carbonyl (C=O) groups is 2. The van der Waals surface area contributed by atoms with Gasteiger partial charge in [-0.25, -0.2) is 4.79 Å². The summed E-state index contributed by atoms with van der Waals surface area (Å²) in [6.07, 6.45) is 1.99. The highest BCUT2D eigenvalue weighted by Gasteiger charge is 2.26. The second-order valence-electron chi connectivity index (χ2n) is 10.6. The molecule has 1 aromatic carbocycles. The van der Waals surface area contributed by atoms with E-state index in [0.29, 0.717) is 19.0 Å². The van der Waals surface area contributed by atoms with Crippen LogP contribution in [0.15, 0.2) is 36.5 Å². The van der Waals surface area contributed by atoms with Crippen LogP contribution in [0.5, 0.6) is 0 Å². The number of carbonyl (C=O) groups excluding carboxylic acids is 2. The van der Waals surface area contributed by atoms with Crippen LogP contribution in [0.25, 0.3) is 0 Å². The van der Waals surface area contributed by atoms with Crippen LogP contribution >= 0.6 is 0 Å². The lowest BCUT2D eigenvalue weighted by molar-refractivity contribution is -0.133. The van der Waals surface area contributed by atoms with Crippen molar-refractivity contribution in [2.75, 3.05) is 18.4 Å². The molecule has 34 heavy (non-hydrogen) atoms. The summed E-state index contributed by atoms with van der Waals surface area (Å²) >= 11 is 0. The number of anilines is 1. The fourth-order valence-corrected chi connectivity index (χ4v) is 4.16. The van der Waals surface area contributed by atoms with Crippen LogP contribution in [0.4, 0.5) is 10.5 Å². The maximum Gasteiger partial charge on any atom is 0.322 e. The largest absolute Gasteiger partial charge is 0.353 e. The lowest BCUT2D eigenvalue weighted by atomic mass is 9.93. The first-order valence-electron chi connectivity index (χ1n) is 12.5. The van der Waals surface area contributed by atoms with E-state index >= 15 is 0 Å². The molecule has 0 aliphatic carbocycles. The molecule has 6 heteroatoms. The fourth-order valence-electron chi connectivity index (χ4n) is 4.16. The first-order valence-corrected chi connectivity index (χ1v) is 12.5. The molecule has 0 fully saturated rings. The van der Waals surface area contributed by atoms with Gasteiger partial charge < -0.3 is 19.7 Å². The van der Waals surface area contributed by atoms with Gasteiger partial charge in [-0.2, -0.15) is 0 Å². The highest BCUT2D eigenvalue weighted by atomic mass is 16.2. The van der Waals surface area contributed by atoms with Crippen LogP contribution in [0.1, 0.15) is 84.0 Å². The molecule has 0 radical (unpaired) electrons. The summed E-state index contributed by atoms with van der Waals surface area (Å²) in [4.78, 5) is 30.4. The molecule has 2 rings (SSSR count). The van der Waals surface area contributed by atoms with Crippen molar-refractivity contribution in [3.05, 3.63) is 53.3 Å². The van der Waals surface area contributed by atoms with Gasteiger partial charge in [0.15, 0.2) is 0 Å². The number of rotatable bonds is 10. The van der Waals surface area contributed by atoms with Crippen molar-refractivity contribution in [3.63, 3.8) is 0 Å². The minimum atomic E-state index is -0.235. The first-order chi connectivity index (χ1) is 15.9. The van der Waals surface area contributed by atoms with Crippen molar-refractivity contribution in [2.24, 2.45) is 13.0 Å². The Morgan fingerprint density at radius 3 is 1.94 bits per heavy atom. The Labute approximate surface area is 206 Å². The monoisotopic (exact) mass is 468 g/mol. The Morgan fingerprint density at radius 1 is 0.912 bits per heavy atom. The van der Waals surface area contributed by atoms with Crippen LogP contribution in [-0.4, -0.2) is 45.4 Å². The van der Waals surface area contributed by atoms with Gasteiger partial charge in [0.05, 0.1) is 6.54 Å². The Morgan fingerprint density at radius 2 is 1.50 bits per heavy atom. The van der Waals surface area contributed by atoms with E-state index in [9.17, 15) is 9.59 Å². The number of nitrogens with zero attached hydrogens (tertiary/aromatic N) is 3. The van der Waals surface area contributed by atoms with Crippen molar-refractivity contribution >= 4 is 17.6 Å². The Kier molecular flexibility index (Phi) is 9.77. The van der Waals surface area contributed by atoms with E-state index in [4.69, 9.17) is 0 Å². The maximum atomic E-state index is 13.5. The van der Waals surface area contributed by atoms with Crippen LogP contribution in [0, 0.1) is 5.92 Å². The highest BCUT2D eigenvalue weighted by molar-refractivity contribution is 5.94. The number of aryl methyl sites for hydroxylation is 1. The fraction of sp³-hybridized carbons (Fsp3) is 0.571. The summed E-state index contributed by atoms with van der Waals surface area (Å²) in [5, 5.41) is 3.18. The molecular formula is C28H44N4O2. The van der Waals surface area contributed by atoms with Crippen LogP contribution in [-0.2, 0) is 18.4 Å². The summed E-state index contributed by atoms with van der Waals surface area (Å²) in [6, 6.07) is 9.86. The Hall–Kier alpha value is -2.76. The van der Waals surface area contributed by atoms with Gasteiger partial charge >= 0.3 is 6.03 Å². The van der Waals surface area contributed by atoms with Gasteiger partial charge in [-0.05, 0) is 54.9 Å². The van der Waals surface area contributed by atoms with E-state index in [1.54, 1.807) is 4.90 Å². The number of nitrogens with one attached hydrogen (secondary N) is 1. The zero-order valence-corrected chi connectivity index (χ0v) is 22.6. The number of amides is 3. The Bertz CT molecular complexity index is 933. The molecule has 0 aliphatic rings. The van der Waals surface area contributed by atoms with Crippen LogP contribution in [0.2, 0.25) is 0 Å². The molecule has 188 valence electrons. The zero-order valence-electron chi connectivity index (χ0n) is 22.6. The molecular weight excluding hydrogens is 424 g/mol. The predicted octanol–water partition coefficient (Wildman–Crippen LogP) is 6.20. The van der Waals surface area contributed by atoms with Crippen molar-refractivity contribution in [3.8, 4) is 0 Å². The third-order valence-corrected chi connectivity index (χ3v) is 6.14. The number of benzene rings is 1. The van der Waals surface area contributed by atoms with E-state index in [1.807, 2.05) is 48.7 Å². The smallest absolute Gasteiger partial charge is 0.322 e. The third-order valence-electron chi connectivity index (χ3n) is 6.14. The van der Waals surface area contributed by atoms with Crippen molar-refractivity contribution in [1.29, 1.82) is 0 Å². The van der Waals surface area contributed by atoms with Gasteiger partial charge in [-0.3, -0.25) is 4.79 Å². The topological polar surface area (TPSA) is 57.6 Å². The molecule has 1 heterocycles. The number of para-hydroxylation sites is 1. The van der Waals surface area contributed by atoms with Crippen molar-refractivity contribution < 1.29 is 9.59 Å². The van der Waals surface area contributed by atoms with Crippen LogP contribution < -0.4 is 5.32 Å². The van der Waals surface area contributed by atoms with E-state index in [0.717, 1.165) is 22.5 Å². The standard InChI is InChI=1S/C28H44N4O2/c1-19(2)16-31(17-23-12-11-15-30(23)9)26(33)18-32(22(7)8)28(34)29-27-24(20(3)4)13-10-14-25(27)21(5)6/h10-15,19-22H,16-18H2,1-9H3,(H,29,34). The van der Waals surface area contributed by atoms with Gasteiger partial charge in [0.1, 0.15) is 6.54 Å². The van der Waals surface area contributed by atoms with Gasteiger partial charge in [-0.15, -0.1) is 0 Å². The highest BCUT2D eigenvalue weighted by Crippen LogP contribution is 2.32.